The molecule has 0 aliphatic heterocycles. The molecule has 0 radical (unpaired) electrons. The van der Waals surface area contributed by atoms with Gasteiger partial charge in [-0.15, -0.1) is 9.46 Å². The summed E-state index contributed by atoms with van der Waals surface area (Å²) in [6, 6.07) is 1.57. The Labute approximate surface area is 92.6 Å². The number of alkyl halides is 2. The van der Waals surface area contributed by atoms with Crippen LogP contribution in [0.5, 0.6) is 0 Å². The van der Waals surface area contributed by atoms with Crippen LogP contribution in [0.1, 0.15) is 17.2 Å². The van der Waals surface area contributed by atoms with E-state index in [4.69, 9.17) is 0 Å². The summed E-state index contributed by atoms with van der Waals surface area (Å²) in [5.41, 5.74) is 1.06. The van der Waals surface area contributed by atoms with E-state index in [1.54, 1.807) is 13.0 Å². The molecule has 1 aromatic rings. The minimum atomic E-state index is 0.162. The maximum absolute atomic E-state index is 11.4. The van der Waals surface area contributed by atoms with E-state index in [9.17, 15) is 10.4 Å². The SMILES string of the molecule is Cc1cc(CBr)[n+]([O-])c(CBr)[n+]1[O-]. The predicted octanol–water partition coefficient (Wildman–Crippen LogP) is 1.05. The summed E-state index contributed by atoms with van der Waals surface area (Å²) < 4.78 is 1.28. The molecule has 0 saturated heterocycles. The fourth-order valence-electron chi connectivity index (χ4n) is 1.01. The van der Waals surface area contributed by atoms with Gasteiger partial charge < -0.3 is 10.4 Å². The van der Waals surface area contributed by atoms with Crippen molar-refractivity contribution in [2.24, 2.45) is 0 Å². The summed E-state index contributed by atoms with van der Waals surface area (Å²) in [6.45, 7) is 1.67. The van der Waals surface area contributed by atoms with Crippen LogP contribution in [0.15, 0.2) is 6.07 Å². The smallest absolute Gasteiger partial charge is 0.451 e. The molecule has 1 rings (SSSR count). The van der Waals surface area contributed by atoms with Crippen molar-refractivity contribution in [3.63, 3.8) is 0 Å². The Kier molecular flexibility index (Phi) is 3.49. The molecule has 0 N–H and O–H groups in total. The molecule has 13 heavy (non-hydrogen) atoms. The van der Waals surface area contributed by atoms with Crippen LogP contribution < -0.4 is 9.46 Å². The average Bonchev–Trinajstić information content (AvgIpc) is 2.12. The van der Waals surface area contributed by atoms with E-state index in [1.165, 1.54) is 0 Å². The largest absolute Gasteiger partial charge is 0.614 e. The van der Waals surface area contributed by atoms with Gasteiger partial charge in [0.2, 0.25) is 11.4 Å². The normalized spacial score (nSPS) is 10.4. The highest BCUT2D eigenvalue weighted by Crippen LogP contribution is 2.03. The van der Waals surface area contributed by atoms with Crippen LogP contribution in [0.4, 0.5) is 0 Å². The second-order valence-electron chi connectivity index (χ2n) is 2.55. The highest BCUT2D eigenvalue weighted by molar-refractivity contribution is 9.08. The number of hydrogen-bond acceptors (Lipinski definition) is 2. The van der Waals surface area contributed by atoms with Gasteiger partial charge in [-0.25, -0.2) is 0 Å². The quantitative estimate of drug-likeness (QED) is 0.466. The van der Waals surface area contributed by atoms with E-state index >= 15 is 0 Å². The van der Waals surface area contributed by atoms with Crippen molar-refractivity contribution in [1.82, 2.24) is 0 Å². The molecule has 0 spiro atoms. The Morgan fingerprint density at radius 1 is 1.23 bits per heavy atom. The van der Waals surface area contributed by atoms with E-state index in [1.807, 2.05) is 0 Å². The number of aryl methyl sites for hydroxylation is 1. The second-order valence-corrected chi connectivity index (χ2v) is 3.67. The monoisotopic (exact) mass is 310 g/mol. The maximum atomic E-state index is 11.4. The zero-order chi connectivity index (χ0) is 10.0. The molecule has 0 atom stereocenters. The summed E-state index contributed by atoms with van der Waals surface area (Å²) in [5.74, 6) is 0.162. The van der Waals surface area contributed by atoms with Crippen LogP contribution >= 0.6 is 31.9 Å². The zero-order valence-corrected chi connectivity index (χ0v) is 10.1. The van der Waals surface area contributed by atoms with Gasteiger partial charge in [-0.05, 0) is 0 Å². The third-order valence-electron chi connectivity index (χ3n) is 1.68. The first-order valence-electron chi connectivity index (χ1n) is 3.58. The highest BCUT2D eigenvalue weighted by Gasteiger charge is 2.21. The molecule has 72 valence electrons. The van der Waals surface area contributed by atoms with Crippen molar-refractivity contribution in [3.8, 4) is 0 Å². The molecule has 0 saturated carbocycles. The lowest BCUT2D eigenvalue weighted by Gasteiger charge is -2.07. The summed E-state index contributed by atoms with van der Waals surface area (Å²) in [7, 11) is 0. The van der Waals surface area contributed by atoms with Crippen molar-refractivity contribution in [2.75, 3.05) is 0 Å². The zero-order valence-electron chi connectivity index (χ0n) is 6.96. The van der Waals surface area contributed by atoms with Gasteiger partial charge in [-0.1, -0.05) is 31.9 Å². The fraction of sp³-hybridized carbons (Fsp3) is 0.429. The van der Waals surface area contributed by atoms with E-state index in [2.05, 4.69) is 31.9 Å². The van der Waals surface area contributed by atoms with Crippen LogP contribution in [-0.2, 0) is 10.7 Å². The molecular formula is C7H8Br2N2O2. The van der Waals surface area contributed by atoms with Gasteiger partial charge in [0, 0.05) is 6.92 Å². The number of rotatable bonds is 2. The Morgan fingerprint density at radius 2 is 1.85 bits per heavy atom. The number of nitrogens with zero attached hydrogens (tertiary/aromatic N) is 2. The minimum Gasteiger partial charge on any atom is -0.614 e. The molecule has 1 heterocycles. The lowest BCUT2D eigenvalue weighted by molar-refractivity contribution is -0.762. The summed E-state index contributed by atoms with van der Waals surface area (Å²) >= 11 is 6.28. The van der Waals surface area contributed by atoms with Crippen LogP contribution in [-0.4, -0.2) is 0 Å². The van der Waals surface area contributed by atoms with Gasteiger partial charge in [0.05, 0.1) is 11.4 Å². The molecule has 0 aromatic carbocycles. The number of aromatic nitrogens is 2. The maximum Gasteiger partial charge on any atom is 0.451 e. The molecule has 4 nitrogen and oxygen atoms in total. The van der Waals surface area contributed by atoms with Crippen molar-refractivity contribution < 1.29 is 9.46 Å². The molecule has 0 amide bonds. The van der Waals surface area contributed by atoms with Crippen LogP contribution in [0, 0.1) is 17.3 Å². The molecule has 0 unspecified atom stereocenters. The fourth-order valence-corrected chi connectivity index (χ4v) is 1.86. The predicted molar refractivity (Wildman–Crippen MR) is 54.4 cm³/mol. The lowest BCUT2D eigenvalue weighted by atomic mass is 10.3. The third kappa shape index (κ3) is 1.94. The van der Waals surface area contributed by atoms with E-state index in [-0.39, 0.29) is 11.2 Å². The van der Waals surface area contributed by atoms with Crippen molar-refractivity contribution >= 4 is 31.9 Å². The third-order valence-corrected chi connectivity index (χ3v) is 2.76. The van der Waals surface area contributed by atoms with E-state index in [0.29, 0.717) is 26.2 Å². The first-order valence-corrected chi connectivity index (χ1v) is 5.82. The molecule has 0 fully saturated rings. The Bertz CT molecular complexity index is 331. The standard InChI is InChI=1S/C7H8Br2N2O2/c1-5-2-6(3-8)11(13)7(4-9)10(5)12/h2H,3-4H2,1H3. The van der Waals surface area contributed by atoms with Gasteiger partial charge in [0.25, 0.3) is 0 Å². The van der Waals surface area contributed by atoms with Gasteiger partial charge in [0.15, 0.2) is 5.33 Å². The van der Waals surface area contributed by atoms with Crippen molar-refractivity contribution in [3.05, 3.63) is 33.7 Å². The topological polar surface area (TPSA) is 53.9 Å². The van der Waals surface area contributed by atoms with Crippen LogP contribution in [0.2, 0.25) is 0 Å². The first-order chi connectivity index (χ1) is 6.11. The van der Waals surface area contributed by atoms with Crippen LogP contribution in [0.3, 0.4) is 0 Å². The Balaban J connectivity index is 3.39. The molecule has 1 aromatic heterocycles. The van der Waals surface area contributed by atoms with E-state index in [0.717, 1.165) is 0 Å². The average molecular weight is 312 g/mol. The van der Waals surface area contributed by atoms with Gasteiger partial charge in [-0.2, -0.15) is 0 Å². The molecular weight excluding hydrogens is 304 g/mol. The first kappa shape index (κ1) is 10.7. The van der Waals surface area contributed by atoms with E-state index < -0.39 is 0 Å². The summed E-state index contributed by atoms with van der Waals surface area (Å²) in [5, 5.41) is 23.5. The summed E-state index contributed by atoms with van der Waals surface area (Å²) in [6.07, 6.45) is 0. The minimum absolute atomic E-state index is 0.162. The Morgan fingerprint density at radius 3 is 2.31 bits per heavy atom. The lowest BCUT2D eigenvalue weighted by Crippen LogP contribution is -2.51. The van der Waals surface area contributed by atoms with Crippen molar-refractivity contribution in [2.45, 2.75) is 17.6 Å². The van der Waals surface area contributed by atoms with Gasteiger partial charge in [0.1, 0.15) is 0 Å². The number of halogens is 2. The van der Waals surface area contributed by atoms with Crippen molar-refractivity contribution in [1.29, 1.82) is 0 Å². The highest BCUT2D eigenvalue weighted by atomic mass is 79.9. The Hall–Kier alpha value is -0.360. The van der Waals surface area contributed by atoms with Crippen LogP contribution in [0.25, 0.3) is 0 Å². The molecule has 0 aliphatic carbocycles. The summed E-state index contributed by atoms with van der Waals surface area (Å²) in [4.78, 5) is 0. The van der Waals surface area contributed by atoms with Gasteiger partial charge in [-0.3, -0.25) is 0 Å². The molecule has 0 aliphatic rings. The molecule has 6 heteroatoms. The number of hydrogen-bond donors (Lipinski definition) is 0. The van der Waals surface area contributed by atoms with Gasteiger partial charge >= 0.3 is 5.82 Å². The second kappa shape index (κ2) is 4.23. The molecule has 0 bridgehead atoms.